The molecule has 0 aliphatic carbocycles. The van der Waals surface area contributed by atoms with E-state index in [1.54, 1.807) is 18.7 Å². The van der Waals surface area contributed by atoms with Crippen molar-refractivity contribution < 1.29 is 9.66 Å². The Labute approximate surface area is 119 Å². The maximum absolute atomic E-state index is 11.2. The van der Waals surface area contributed by atoms with Crippen LogP contribution in [0.2, 0.25) is 0 Å². The monoisotopic (exact) mass is 284 g/mol. The number of nitrogens with one attached hydrogen (secondary N) is 1. The first-order chi connectivity index (χ1) is 9.54. The number of ether oxygens (including phenoxy) is 1. The van der Waals surface area contributed by atoms with Crippen molar-refractivity contribution in [3.63, 3.8) is 0 Å². The van der Waals surface area contributed by atoms with Gasteiger partial charge in [0.2, 0.25) is 5.82 Å². The van der Waals surface area contributed by atoms with E-state index in [0.717, 1.165) is 19.3 Å². The van der Waals surface area contributed by atoms with Crippen molar-refractivity contribution in [2.24, 2.45) is 0 Å². The fraction of sp³-hybridized carbons (Fsp3) is 0.769. The Bertz CT molecular complexity index is 439. The molecule has 1 rings (SSSR count). The molecule has 1 N–H and O–H groups in total. The average Bonchev–Trinajstić information content (AvgIpc) is 2.67. The van der Waals surface area contributed by atoms with E-state index >= 15 is 0 Å². The molecule has 1 atom stereocenters. The Balaban J connectivity index is 3.08. The number of methoxy groups -OCH3 is 1. The van der Waals surface area contributed by atoms with Crippen LogP contribution in [-0.2, 0) is 11.3 Å². The molecule has 1 heterocycles. The van der Waals surface area contributed by atoms with Crippen LogP contribution in [0.3, 0.4) is 0 Å². The summed E-state index contributed by atoms with van der Waals surface area (Å²) in [5.74, 6) is 0.491. The van der Waals surface area contributed by atoms with Crippen LogP contribution < -0.4 is 5.32 Å². The molecule has 0 saturated carbocycles. The molecule has 1 unspecified atom stereocenters. The Hall–Kier alpha value is -1.63. The quantitative estimate of drug-likeness (QED) is 0.557. The minimum Gasteiger partial charge on any atom is -0.383 e. The molecule has 0 amide bonds. The summed E-state index contributed by atoms with van der Waals surface area (Å²) in [5.41, 5.74) is 0.509. The van der Waals surface area contributed by atoms with Crippen molar-refractivity contribution in [1.82, 2.24) is 9.78 Å². The molecule has 0 aliphatic rings. The van der Waals surface area contributed by atoms with Crippen molar-refractivity contribution in [3.05, 3.63) is 15.8 Å². The Morgan fingerprint density at radius 3 is 2.65 bits per heavy atom. The van der Waals surface area contributed by atoms with Gasteiger partial charge < -0.3 is 10.1 Å². The van der Waals surface area contributed by atoms with Gasteiger partial charge in [-0.05, 0) is 19.8 Å². The summed E-state index contributed by atoms with van der Waals surface area (Å²) < 4.78 is 6.86. The molecule has 114 valence electrons. The fourth-order valence-electron chi connectivity index (χ4n) is 2.25. The number of anilines is 1. The molecular weight excluding hydrogens is 260 g/mol. The van der Waals surface area contributed by atoms with E-state index in [-0.39, 0.29) is 16.7 Å². The van der Waals surface area contributed by atoms with E-state index in [9.17, 15) is 10.1 Å². The number of aryl methyl sites for hydroxylation is 2. The summed E-state index contributed by atoms with van der Waals surface area (Å²) in [6, 6.07) is 0.0513. The molecule has 0 aromatic carbocycles. The predicted octanol–water partition coefficient (Wildman–Crippen LogP) is 2.74. The zero-order valence-electron chi connectivity index (χ0n) is 12.7. The van der Waals surface area contributed by atoms with Gasteiger partial charge in [0, 0.05) is 13.7 Å². The molecule has 0 fully saturated rings. The molecule has 7 heteroatoms. The zero-order chi connectivity index (χ0) is 15.1. The molecule has 20 heavy (non-hydrogen) atoms. The SMILES string of the molecule is CCCC(COC)Nc1c([N+](=O)[O-])c(C)nn1CCC. The number of hydrogen-bond acceptors (Lipinski definition) is 5. The minimum absolute atomic E-state index is 0.0513. The van der Waals surface area contributed by atoms with Gasteiger partial charge in [0.15, 0.2) is 0 Å². The number of hydrogen-bond donors (Lipinski definition) is 1. The van der Waals surface area contributed by atoms with Gasteiger partial charge in [-0.15, -0.1) is 0 Å². The van der Waals surface area contributed by atoms with E-state index < -0.39 is 0 Å². The highest BCUT2D eigenvalue weighted by atomic mass is 16.6. The van der Waals surface area contributed by atoms with E-state index in [4.69, 9.17) is 4.74 Å². The van der Waals surface area contributed by atoms with Gasteiger partial charge in [-0.3, -0.25) is 10.1 Å². The van der Waals surface area contributed by atoms with Gasteiger partial charge in [0.25, 0.3) is 0 Å². The van der Waals surface area contributed by atoms with Crippen molar-refractivity contribution in [2.45, 2.75) is 52.6 Å². The van der Waals surface area contributed by atoms with Gasteiger partial charge in [-0.1, -0.05) is 20.3 Å². The molecule has 7 nitrogen and oxygen atoms in total. The second kappa shape index (κ2) is 7.84. The third kappa shape index (κ3) is 3.93. The number of aromatic nitrogens is 2. The number of nitro groups is 1. The third-order valence-corrected chi connectivity index (χ3v) is 3.06. The largest absolute Gasteiger partial charge is 0.383 e. The smallest absolute Gasteiger partial charge is 0.333 e. The number of rotatable bonds is 9. The van der Waals surface area contributed by atoms with Crippen LogP contribution in [-0.4, -0.2) is 34.5 Å². The highest BCUT2D eigenvalue weighted by Gasteiger charge is 2.26. The van der Waals surface area contributed by atoms with Gasteiger partial charge in [-0.2, -0.15) is 5.10 Å². The lowest BCUT2D eigenvalue weighted by molar-refractivity contribution is -0.384. The third-order valence-electron chi connectivity index (χ3n) is 3.06. The minimum atomic E-state index is -0.368. The van der Waals surface area contributed by atoms with E-state index in [1.807, 2.05) is 6.92 Å². The maximum Gasteiger partial charge on any atom is 0.333 e. The second-order valence-corrected chi connectivity index (χ2v) is 4.85. The lowest BCUT2D eigenvalue weighted by atomic mass is 10.2. The van der Waals surface area contributed by atoms with Gasteiger partial charge in [-0.25, -0.2) is 4.68 Å². The summed E-state index contributed by atoms with van der Waals surface area (Å²) in [5, 5.41) is 18.7. The highest BCUT2D eigenvalue weighted by Crippen LogP contribution is 2.29. The van der Waals surface area contributed by atoms with E-state index in [1.165, 1.54) is 0 Å². The standard InChI is InChI=1S/C13H24N4O3/c1-5-7-11(9-20-4)14-13-12(17(18)19)10(3)15-16(13)8-6-2/h11,14H,5-9H2,1-4H3. The Morgan fingerprint density at radius 1 is 1.45 bits per heavy atom. The topological polar surface area (TPSA) is 82.2 Å². The molecule has 1 aromatic rings. The lowest BCUT2D eigenvalue weighted by Gasteiger charge is -2.18. The van der Waals surface area contributed by atoms with Gasteiger partial charge in [0.05, 0.1) is 17.6 Å². The molecule has 0 radical (unpaired) electrons. The Morgan fingerprint density at radius 2 is 2.15 bits per heavy atom. The van der Waals surface area contributed by atoms with Crippen LogP contribution in [0.25, 0.3) is 0 Å². The Kier molecular flexibility index (Phi) is 6.44. The van der Waals surface area contributed by atoms with Crippen LogP contribution in [0.5, 0.6) is 0 Å². The van der Waals surface area contributed by atoms with Crippen molar-refractivity contribution in [1.29, 1.82) is 0 Å². The fourth-order valence-corrected chi connectivity index (χ4v) is 2.25. The van der Waals surface area contributed by atoms with Crippen LogP contribution >= 0.6 is 0 Å². The lowest BCUT2D eigenvalue weighted by Crippen LogP contribution is -2.26. The average molecular weight is 284 g/mol. The van der Waals surface area contributed by atoms with Gasteiger partial charge >= 0.3 is 5.69 Å². The summed E-state index contributed by atoms with van der Waals surface area (Å²) in [6.07, 6.45) is 2.74. The summed E-state index contributed by atoms with van der Waals surface area (Å²) in [6.45, 7) is 6.93. The zero-order valence-corrected chi connectivity index (χ0v) is 12.7. The van der Waals surface area contributed by atoms with Crippen molar-refractivity contribution >= 4 is 11.5 Å². The van der Waals surface area contributed by atoms with Crippen LogP contribution in [0.15, 0.2) is 0 Å². The molecule has 0 saturated heterocycles. The van der Waals surface area contributed by atoms with Crippen molar-refractivity contribution in [2.75, 3.05) is 19.0 Å². The molecule has 0 spiro atoms. The normalized spacial score (nSPS) is 12.4. The first-order valence-electron chi connectivity index (χ1n) is 7.02. The van der Waals surface area contributed by atoms with Crippen LogP contribution in [0.1, 0.15) is 38.8 Å². The van der Waals surface area contributed by atoms with Crippen LogP contribution in [0, 0.1) is 17.0 Å². The molecular formula is C13H24N4O3. The summed E-state index contributed by atoms with van der Waals surface area (Å²) in [7, 11) is 1.63. The predicted molar refractivity (Wildman–Crippen MR) is 78.1 cm³/mol. The first kappa shape index (κ1) is 16.4. The number of nitrogens with zero attached hydrogens (tertiary/aromatic N) is 3. The molecule has 1 aromatic heterocycles. The first-order valence-corrected chi connectivity index (χ1v) is 7.02. The van der Waals surface area contributed by atoms with E-state index in [0.29, 0.717) is 24.7 Å². The second-order valence-electron chi connectivity index (χ2n) is 4.85. The van der Waals surface area contributed by atoms with Crippen LogP contribution in [0.4, 0.5) is 11.5 Å². The van der Waals surface area contributed by atoms with Gasteiger partial charge in [0.1, 0.15) is 5.69 Å². The van der Waals surface area contributed by atoms with E-state index in [2.05, 4.69) is 17.3 Å². The molecule has 0 aliphatic heterocycles. The summed E-state index contributed by atoms with van der Waals surface area (Å²) in [4.78, 5) is 10.9. The van der Waals surface area contributed by atoms with Crippen molar-refractivity contribution in [3.8, 4) is 0 Å². The summed E-state index contributed by atoms with van der Waals surface area (Å²) >= 11 is 0. The molecule has 0 bridgehead atoms. The highest BCUT2D eigenvalue weighted by molar-refractivity contribution is 5.60. The maximum atomic E-state index is 11.2.